The quantitative estimate of drug-likeness (QED) is 0.633. The van der Waals surface area contributed by atoms with Crippen LogP contribution in [0.2, 0.25) is 5.02 Å². The highest BCUT2D eigenvalue weighted by atomic mass is 35.5. The van der Waals surface area contributed by atoms with Gasteiger partial charge in [-0.25, -0.2) is 0 Å². The summed E-state index contributed by atoms with van der Waals surface area (Å²) in [5.74, 6) is 1.18. The number of carbonyl (C=O) groups is 1. The van der Waals surface area contributed by atoms with Crippen molar-refractivity contribution >= 4 is 17.5 Å². The standard InChI is InChI=1S/C21H22ClN3O3/c1-4-18(27-16-9-10-17(22)14(3)11-16)21(26)23-12-19-24-20(25-28-19)15-7-5-13(2)6-8-15/h5-11,18H,4,12H2,1-3H3,(H,23,26). The average molecular weight is 400 g/mol. The minimum atomic E-state index is -0.625. The Morgan fingerprint density at radius 1 is 1.21 bits per heavy atom. The lowest BCUT2D eigenvalue weighted by Crippen LogP contribution is -2.37. The second-order valence-corrected chi connectivity index (χ2v) is 6.93. The van der Waals surface area contributed by atoms with E-state index in [-0.39, 0.29) is 12.5 Å². The molecule has 3 aromatic rings. The molecule has 1 aromatic heterocycles. The third-order valence-corrected chi connectivity index (χ3v) is 4.69. The van der Waals surface area contributed by atoms with Crippen LogP contribution in [-0.2, 0) is 11.3 Å². The van der Waals surface area contributed by atoms with E-state index < -0.39 is 6.10 Å². The largest absolute Gasteiger partial charge is 0.481 e. The van der Waals surface area contributed by atoms with Gasteiger partial charge in [-0.2, -0.15) is 4.98 Å². The topological polar surface area (TPSA) is 77.2 Å². The third-order valence-electron chi connectivity index (χ3n) is 4.26. The van der Waals surface area contributed by atoms with Crippen LogP contribution < -0.4 is 10.1 Å². The highest BCUT2D eigenvalue weighted by Gasteiger charge is 2.19. The van der Waals surface area contributed by atoms with Gasteiger partial charge in [0.25, 0.3) is 5.91 Å². The second kappa shape index (κ2) is 8.89. The number of halogens is 1. The number of ether oxygens (including phenoxy) is 1. The molecule has 0 saturated carbocycles. The molecule has 3 rings (SSSR count). The van der Waals surface area contributed by atoms with Crippen molar-refractivity contribution in [2.24, 2.45) is 0 Å². The van der Waals surface area contributed by atoms with Gasteiger partial charge in [0.2, 0.25) is 11.7 Å². The summed E-state index contributed by atoms with van der Waals surface area (Å²) in [4.78, 5) is 16.8. The molecule has 2 aromatic carbocycles. The Hall–Kier alpha value is -2.86. The maximum Gasteiger partial charge on any atom is 0.261 e. The molecule has 1 N–H and O–H groups in total. The van der Waals surface area contributed by atoms with Crippen molar-refractivity contribution in [3.05, 3.63) is 64.5 Å². The number of benzene rings is 2. The van der Waals surface area contributed by atoms with Crippen molar-refractivity contribution in [3.63, 3.8) is 0 Å². The monoisotopic (exact) mass is 399 g/mol. The van der Waals surface area contributed by atoms with Crippen molar-refractivity contribution in [2.45, 2.75) is 39.8 Å². The number of hydrogen-bond acceptors (Lipinski definition) is 5. The van der Waals surface area contributed by atoms with Crippen molar-refractivity contribution < 1.29 is 14.1 Å². The number of hydrogen-bond donors (Lipinski definition) is 1. The SMILES string of the molecule is CCC(Oc1ccc(Cl)c(C)c1)C(=O)NCc1nc(-c2ccc(C)cc2)no1. The minimum Gasteiger partial charge on any atom is -0.481 e. The van der Waals surface area contributed by atoms with E-state index >= 15 is 0 Å². The molecule has 0 aliphatic heterocycles. The Kier molecular flexibility index (Phi) is 6.31. The van der Waals surface area contributed by atoms with Gasteiger partial charge >= 0.3 is 0 Å². The summed E-state index contributed by atoms with van der Waals surface area (Å²) in [6.45, 7) is 5.92. The van der Waals surface area contributed by atoms with Crippen LogP contribution in [0, 0.1) is 13.8 Å². The minimum absolute atomic E-state index is 0.136. The number of nitrogens with one attached hydrogen (secondary N) is 1. The van der Waals surface area contributed by atoms with E-state index in [0.717, 1.165) is 16.7 Å². The number of nitrogens with zero attached hydrogens (tertiary/aromatic N) is 2. The Bertz CT molecular complexity index is 954. The number of aryl methyl sites for hydroxylation is 2. The molecule has 0 fully saturated rings. The average Bonchev–Trinajstić information content (AvgIpc) is 3.16. The summed E-state index contributed by atoms with van der Waals surface area (Å²) in [5, 5.41) is 7.41. The zero-order valence-electron chi connectivity index (χ0n) is 16.0. The summed E-state index contributed by atoms with van der Waals surface area (Å²) in [6, 6.07) is 13.1. The van der Waals surface area contributed by atoms with Crippen LogP contribution in [0.15, 0.2) is 47.0 Å². The third kappa shape index (κ3) is 4.89. The molecular weight excluding hydrogens is 378 g/mol. The van der Waals surface area contributed by atoms with E-state index in [4.69, 9.17) is 20.9 Å². The number of aromatic nitrogens is 2. The number of amides is 1. The zero-order valence-corrected chi connectivity index (χ0v) is 16.8. The maximum absolute atomic E-state index is 12.5. The molecule has 6 nitrogen and oxygen atoms in total. The van der Waals surface area contributed by atoms with Crippen LogP contribution in [0.5, 0.6) is 5.75 Å². The molecule has 0 aliphatic carbocycles. The molecule has 0 aliphatic rings. The lowest BCUT2D eigenvalue weighted by molar-refractivity contribution is -0.128. The highest BCUT2D eigenvalue weighted by molar-refractivity contribution is 6.31. The van der Waals surface area contributed by atoms with Crippen LogP contribution in [0.4, 0.5) is 0 Å². The summed E-state index contributed by atoms with van der Waals surface area (Å²) in [6.07, 6.45) is -0.105. The Balaban J connectivity index is 1.59. The van der Waals surface area contributed by atoms with Gasteiger partial charge in [0, 0.05) is 10.6 Å². The summed E-state index contributed by atoms with van der Waals surface area (Å²) >= 11 is 6.03. The first kappa shape index (κ1) is 19.9. The fourth-order valence-corrected chi connectivity index (χ4v) is 2.72. The summed E-state index contributed by atoms with van der Waals surface area (Å²) in [5.41, 5.74) is 2.91. The molecule has 7 heteroatoms. The van der Waals surface area contributed by atoms with E-state index in [1.165, 1.54) is 0 Å². The molecule has 146 valence electrons. The molecule has 1 unspecified atom stereocenters. The lowest BCUT2D eigenvalue weighted by Gasteiger charge is -2.17. The van der Waals surface area contributed by atoms with E-state index in [1.54, 1.807) is 12.1 Å². The van der Waals surface area contributed by atoms with E-state index in [9.17, 15) is 4.79 Å². The van der Waals surface area contributed by atoms with Crippen molar-refractivity contribution in [2.75, 3.05) is 0 Å². The van der Waals surface area contributed by atoms with Crippen LogP contribution >= 0.6 is 11.6 Å². The smallest absolute Gasteiger partial charge is 0.261 e. The van der Waals surface area contributed by atoms with Gasteiger partial charge in [0.15, 0.2) is 6.10 Å². The van der Waals surface area contributed by atoms with Crippen molar-refractivity contribution in [1.82, 2.24) is 15.5 Å². The molecule has 0 radical (unpaired) electrons. The fraction of sp³-hybridized carbons (Fsp3) is 0.286. The predicted molar refractivity (Wildman–Crippen MR) is 107 cm³/mol. The number of rotatable bonds is 7. The predicted octanol–water partition coefficient (Wildman–Crippen LogP) is 4.48. The van der Waals surface area contributed by atoms with Gasteiger partial charge in [-0.05, 0) is 44.0 Å². The molecule has 1 amide bonds. The Morgan fingerprint density at radius 2 is 1.96 bits per heavy atom. The van der Waals surface area contributed by atoms with Crippen LogP contribution in [0.25, 0.3) is 11.4 Å². The first-order chi connectivity index (χ1) is 13.5. The van der Waals surface area contributed by atoms with Crippen LogP contribution in [-0.4, -0.2) is 22.2 Å². The van der Waals surface area contributed by atoms with Gasteiger partial charge in [-0.1, -0.05) is 53.5 Å². The normalized spacial score (nSPS) is 11.9. The maximum atomic E-state index is 12.5. The molecule has 0 saturated heterocycles. The van der Waals surface area contributed by atoms with E-state index in [0.29, 0.717) is 28.9 Å². The van der Waals surface area contributed by atoms with Crippen LogP contribution in [0.1, 0.15) is 30.4 Å². The first-order valence-electron chi connectivity index (χ1n) is 9.06. The Morgan fingerprint density at radius 3 is 2.64 bits per heavy atom. The van der Waals surface area contributed by atoms with Gasteiger partial charge in [-0.3, -0.25) is 4.79 Å². The molecule has 0 bridgehead atoms. The van der Waals surface area contributed by atoms with Gasteiger partial charge < -0.3 is 14.6 Å². The zero-order chi connectivity index (χ0) is 20.1. The first-order valence-corrected chi connectivity index (χ1v) is 9.44. The van der Waals surface area contributed by atoms with E-state index in [2.05, 4.69) is 15.5 Å². The second-order valence-electron chi connectivity index (χ2n) is 6.52. The van der Waals surface area contributed by atoms with Crippen LogP contribution in [0.3, 0.4) is 0 Å². The van der Waals surface area contributed by atoms with Crippen molar-refractivity contribution in [3.8, 4) is 17.1 Å². The summed E-state index contributed by atoms with van der Waals surface area (Å²) in [7, 11) is 0. The molecule has 1 heterocycles. The van der Waals surface area contributed by atoms with Gasteiger partial charge in [0.05, 0.1) is 6.54 Å². The summed E-state index contributed by atoms with van der Waals surface area (Å²) < 4.78 is 11.0. The molecule has 1 atom stereocenters. The Labute approximate surface area is 168 Å². The molecular formula is C21H22ClN3O3. The highest BCUT2D eigenvalue weighted by Crippen LogP contribution is 2.22. The lowest BCUT2D eigenvalue weighted by atomic mass is 10.1. The van der Waals surface area contributed by atoms with Crippen molar-refractivity contribution in [1.29, 1.82) is 0 Å². The van der Waals surface area contributed by atoms with E-state index in [1.807, 2.05) is 51.1 Å². The van der Waals surface area contributed by atoms with Gasteiger partial charge in [-0.15, -0.1) is 0 Å². The number of carbonyl (C=O) groups excluding carboxylic acids is 1. The molecule has 0 spiro atoms. The van der Waals surface area contributed by atoms with Gasteiger partial charge in [0.1, 0.15) is 5.75 Å². The fourth-order valence-electron chi connectivity index (χ4n) is 2.60. The molecule has 28 heavy (non-hydrogen) atoms.